The van der Waals surface area contributed by atoms with Crippen LogP contribution in [0.15, 0.2) is 48.7 Å². The molecule has 2 aromatic carbocycles. The molecule has 0 aliphatic carbocycles. The highest BCUT2D eigenvalue weighted by molar-refractivity contribution is 6.02. The second kappa shape index (κ2) is 6.06. The van der Waals surface area contributed by atoms with E-state index in [0.717, 1.165) is 34.5 Å². The molecule has 1 heterocycles. The quantitative estimate of drug-likeness (QED) is 0.768. The molecule has 3 rings (SSSR count). The summed E-state index contributed by atoms with van der Waals surface area (Å²) in [6.07, 6.45) is 2.93. The highest BCUT2D eigenvalue weighted by atomic mass is 16.5. The Bertz CT molecular complexity index is 812. The van der Waals surface area contributed by atoms with Crippen LogP contribution in [0.1, 0.15) is 12.5 Å². The lowest BCUT2D eigenvalue weighted by molar-refractivity contribution is 0.416. The molecule has 0 bridgehead atoms. The number of rotatable bonds is 4. The van der Waals surface area contributed by atoms with Crippen molar-refractivity contribution >= 4 is 16.6 Å². The minimum absolute atomic E-state index is 0.863. The summed E-state index contributed by atoms with van der Waals surface area (Å²) in [7, 11) is 3.61. The summed E-state index contributed by atoms with van der Waals surface area (Å²) in [6, 6.07) is 14.6. The summed E-state index contributed by atoms with van der Waals surface area (Å²) in [4.78, 5) is 4.59. The van der Waals surface area contributed by atoms with Crippen LogP contribution in [0, 0.1) is 0 Å². The number of hydrogen-bond acceptors (Lipinski definition) is 3. The number of para-hydroxylation sites is 1. The number of methoxy groups -OCH3 is 1. The van der Waals surface area contributed by atoms with Crippen LogP contribution in [0.3, 0.4) is 0 Å². The van der Waals surface area contributed by atoms with Gasteiger partial charge in [-0.2, -0.15) is 0 Å². The molecule has 0 unspecified atom stereocenters. The van der Waals surface area contributed by atoms with Gasteiger partial charge in [0.1, 0.15) is 11.6 Å². The molecule has 3 heteroatoms. The highest BCUT2D eigenvalue weighted by Gasteiger charge is 2.12. The molecule has 0 aliphatic heterocycles. The van der Waals surface area contributed by atoms with Crippen molar-refractivity contribution < 1.29 is 4.74 Å². The van der Waals surface area contributed by atoms with Gasteiger partial charge in [0.05, 0.1) is 7.11 Å². The SMILES string of the molecule is CCc1ccc2c(-c3ccccc3OC)cnc(NC)c2c1. The van der Waals surface area contributed by atoms with E-state index in [1.54, 1.807) is 7.11 Å². The molecule has 0 amide bonds. The van der Waals surface area contributed by atoms with Gasteiger partial charge in [-0.1, -0.05) is 37.3 Å². The number of nitrogens with zero attached hydrogens (tertiary/aromatic N) is 1. The summed E-state index contributed by atoms with van der Waals surface area (Å²) >= 11 is 0. The van der Waals surface area contributed by atoms with Crippen LogP contribution in [0.2, 0.25) is 0 Å². The minimum atomic E-state index is 0.863. The molecule has 1 aromatic heterocycles. The highest BCUT2D eigenvalue weighted by Crippen LogP contribution is 2.36. The van der Waals surface area contributed by atoms with Crippen molar-refractivity contribution in [3.8, 4) is 16.9 Å². The molecule has 1 N–H and O–H groups in total. The smallest absolute Gasteiger partial charge is 0.133 e. The first kappa shape index (κ1) is 14.4. The van der Waals surface area contributed by atoms with E-state index >= 15 is 0 Å². The van der Waals surface area contributed by atoms with Gasteiger partial charge in [0, 0.05) is 29.8 Å². The normalized spacial score (nSPS) is 10.7. The Morgan fingerprint density at radius 1 is 1.05 bits per heavy atom. The van der Waals surface area contributed by atoms with Crippen molar-refractivity contribution in [3.05, 3.63) is 54.2 Å². The average molecular weight is 292 g/mol. The fourth-order valence-corrected chi connectivity index (χ4v) is 2.79. The molecule has 0 aliphatic rings. The Kier molecular flexibility index (Phi) is 3.96. The lowest BCUT2D eigenvalue weighted by Gasteiger charge is -2.14. The first-order valence-corrected chi connectivity index (χ1v) is 7.51. The first-order valence-electron chi connectivity index (χ1n) is 7.51. The lowest BCUT2D eigenvalue weighted by Crippen LogP contribution is -1.96. The van der Waals surface area contributed by atoms with Gasteiger partial charge in [-0.25, -0.2) is 4.98 Å². The van der Waals surface area contributed by atoms with Gasteiger partial charge >= 0.3 is 0 Å². The first-order chi connectivity index (χ1) is 10.8. The van der Waals surface area contributed by atoms with E-state index in [1.807, 2.05) is 31.4 Å². The third-order valence-electron chi connectivity index (χ3n) is 3.99. The Balaban J connectivity index is 2.31. The number of nitrogens with one attached hydrogen (secondary N) is 1. The molecule has 0 spiro atoms. The van der Waals surface area contributed by atoms with Crippen LogP contribution in [-0.4, -0.2) is 19.1 Å². The molecular formula is C19H20N2O. The predicted molar refractivity (Wildman–Crippen MR) is 92.7 cm³/mol. The maximum absolute atomic E-state index is 5.51. The summed E-state index contributed by atoms with van der Waals surface area (Å²) in [5, 5.41) is 5.51. The van der Waals surface area contributed by atoms with Crippen molar-refractivity contribution in [3.63, 3.8) is 0 Å². The molecule has 0 radical (unpaired) electrons. The Morgan fingerprint density at radius 3 is 2.59 bits per heavy atom. The minimum Gasteiger partial charge on any atom is -0.496 e. The maximum Gasteiger partial charge on any atom is 0.133 e. The summed E-state index contributed by atoms with van der Waals surface area (Å²) in [6.45, 7) is 2.16. The third-order valence-corrected chi connectivity index (χ3v) is 3.99. The van der Waals surface area contributed by atoms with E-state index in [4.69, 9.17) is 4.74 Å². The largest absolute Gasteiger partial charge is 0.496 e. The van der Waals surface area contributed by atoms with Crippen LogP contribution >= 0.6 is 0 Å². The molecular weight excluding hydrogens is 272 g/mol. The fourth-order valence-electron chi connectivity index (χ4n) is 2.79. The van der Waals surface area contributed by atoms with Gasteiger partial charge in [0.15, 0.2) is 0 Å². The summed E-state index contributed by atoms with van der Waals surface area (Å²) in [5.74, 6) is 1.77. The zero-order chi connectivity index (χ0) is 15.5. The molecule has 0 saturated carbocycles. The van der Waals surface area contributed by atoms with Crippen LogP contribution in [-0.2, 0) is 6.42 Å². The van der Waals surface area contributed by atoms with Gasteiger partial charge in [-0.15, -0.1) is 0 Å². The van der Waals surface area contributed by atoms with Crippen molar-refractivity contribution in [2.45, 2.75) is 13.3 Å². The van der Waals surface area contributed by atoms with Gasteiger partial charge < -0.3 is 10.1 Å². The van der Waals surface area contributed by atoms with Crippen LogP contribution in [0.5, 0.6) is 5.75 Å². The van der Waals surface area contributed by atoms with E-state index < -0.39 is 0 Å². The average Bonchev–Trinajstić information content (AvgIpc) is 2.60. The van der Waals surface area contributed by atoms with E-state index in [-0.39, 0.29) is 0 Å². The van der Waals surface area contributed by atoms with Crippen molar-refractivity contribution in [1.82, 2.24) is 4.98 Å². The number of aryl methyl sites for hydroxylation is 1. The molecule has 22 heavy (non-hydrogen) atoms. The van der Waals surface area contributed by atoms with Gasteiger partial charge in [-0.05, 0) is 29.5 Å². The molecule has 0 atom stereocenters. The lowest BCUT2D eigenvalue weighted by atomic mass is 9.97. The molecule has 3 nitrogen and oxygen atoms in total. The van der Waals surface area contributed by atoms with Crippen LogP contribution in [0.4, 0.5) is 5.82 Å². The second-order valence-corrected chi connectivity index (χ2v) is 5.20. The molecule has 3 aromatic rings. The van der Waals surface area contributed by atoms with Crippen LogP contribution in [0.25, 0.3) is 21.9 Å². The Morgan fingerprint density at radius 2 is 1.86 bits per heavy atom. The van der Waals surface area contributed by atoms with Crippen LogP contribution < -0.4 is 10.1 Å². The standard InChI is InChI=1S/C19H20N2O/c1-4-13-9-10-14-16(11-13)19(20-2)21-12-17(14)15-7-5-6-8-18(15)22-3/h5-12H,4H2,1-3H3,(H,20,21). The van der Waals surface area contributed by atoms with Crippen molar-refractivity contribution in [2.24, 2.45) is 0 Å². The fraction of sp³-hybridized carbons (Fsp3) is 0.211. The zero-order valence-corrected chi connectivity index (χ0v) is 13.2. The van der Waals surface area contributed by atoms with Gasteiger partial charge in [0.25, 0.3) is 0 Å². The number of benzene rings is 2. The Hall–Kier alpha value is -2.55. The number of ether oxygens (including phenoxy) is 1. The number of hydrogen-bond donors (Lipinski definition) is 1. The van der Waals surface area contributed by atoms with E-state index in [0.29, 0.717) is 0 Å². The molecule has 0 fully saturated rings. The number of aromatic nitrogens is 1. The van der Waals surface area contributed by atoms with Crippen molar-refractivity contribution in [1.29, 1.82) is 0 Å². The summed E-state index contributed by atoms with van der Waals surface area (Å²) in [5.41, 5.74) is 3.46. The van der Waals surface area contributed by atoms with Crippen molar-refractivity contribution in [2.75, 3.05) is 19.5 Å². The molecule has 0 saturated heterocycles. The second-order valence-electron chi connectivity index (χ2n) is 5.20. The number of fused-ring (bicyclic) bond motifs is 1. The zero-order valence-electron chi connectivity index (χ0n) is 13.2. The summed E-state index contributed by atoms with van der Waals surface area (Å²) < 4.78 is 5.51. The Labute approximate surface area is 131 Å². The third kappa shape index (κ3) is 2.39. The predicted octanol–water partition coefficient (Wildman–Crippen LogP) is 4.51. The van der Waals surface area contributed by atoms with E-state index in [2.05, 4.69) is 41.5 Å². The monoisotopic (exact) mass is 292 g/mol. The van der Waals surface area contributed by atoms with E-state index in [1.165, 1.54) is 10.9 Å². The van der Waals surface area contributed by atoms with E-state index in [9.17, 15) is 0 Å². The topological polar surface area (TPSA) is 34.1 Å². The number of pyridine rings is 1. The number of anilines is 1. The van der Waals surface area contributed by atoms with Gasteiger partial charge in [0.2, 0.25) is 0 Å². The van der Waals surface area contributed by atoms with Gasteiger partial charge in [-0.3, -0.25) is 0 Å². The maximum atomic E-state index is 5.51. The molecule has 112 valence electrons.